The summed E-state index contributed by atoms with van der Waals surface area (Å²) in [6, 6.07) is 5.38. The van der Waals surface area contributed by atoms with Gasteiger partial charge < -0.3 is 10.2 Å². The molecule has 1 rings (SSSR count). The summed E-state index contributed by atoms with van der Waals surface area (Å²) in [7, 11) is 0. The Bertz CT molecular complexity index is 656. The largest absolute Gasteiger partial charge is 0.454 e. The van der Waals surface area contributed by atoms with Crippen molar-refractivity contribution in [3.05, 3.63) is 35.4 Å². The number of ketones is 1. The van der Waals surface area contributed by atoms with E-state index in [0.29, 0.717) is 6.42 Å². The maximum atomic E-state index is 13.0. The van der Waals surface area contributed by atoms with Gasteiger partial charge in [-0.15, -0.1) is 0 Å². The number of rotatable bonds is 16. The van der Waals surface area contributed by atoms with Crippen molar-refractivity contribution in [2.24, 2.45) is 5.92 Å². The van der Waals surface area contributed by atoms with Gasteiger partial charge in [0.25, 0.3) is 5.78 Å². The Labute approximate surface area is 191 Å². The second kappa shape index (κ2) is 14.7. The Morgan fingerprint density at radius 2 is 1.28 bits per heavy atom. The number of hydrogen-bond acceptors (Lipinski definition) is 3. The zero-order valence-corrected chi connectivity index (χ0v) is 19.8. The van der Waals surface area contributed by atoms with Gasteiger partial charge in [0.1, 0.15) is 0 Å². The molecule has 0 bridgehead atoms. The van der Waals surface area contributed by atoms with Crippen LogP contribution >= 0.6 is 0 Å². The molecular weight excluding hydrogens is 417 g/mol. The molecule has 0 fully saturated rings. The van der Waals surface area contributed by atoms with E-state index >= 15 is 0 Å². The van der Waals surface area contributed by atoms with E-state index in [2.05, 4.69) is 13.8 Å². The van der Waals surface area contributed by atoms with Crippen LogP contribution in [0.3, 0.4) is 0 Å². The molecule has 32 heavy (non-hydrogen) atoms. The highest BCUT2D eigenvalue weighted by atomic mass is 19.4. The number of carbonyl (C=O) groups is 1. The summed E-state index contributed by atoms with van der Waals surface area (Å²) in [5.74, 6) is -2.11. The lowest BCUT2D eigenvalue weighted by Gasteiger charge is -2.28. The number of alkyl halides is 3. The molecule has 0 amide bonds. The van der Waals surface area contributed by atoms with E-state index in [9.17, 15) is 28.2 Å². The fourth-order valence-corrected chi connectivity index (χ4v) is 4.26. The zero-order chi connectivity index (χ0) is 24.1. The fraction of sp³-hybridized carbons (Fsp3) is 0.731. The molecule has 0 aliphatic rings. The number of aliphatic hydroxyl groups excluding tert-OH is 2. The van der Waals surface area contributed by atoms with Crippen LogP contribution in [0.15, 0.2) is 24.3 Å². The van der Waals surface area contributed by atoms with Gasteiger partial charge >= 0.3 is 6.18 Å². The number of unbranched alkanes of at least 4 members (excludes halogenated alkanes) is 8. The lowest BCUT2D eigenvalue weighted by Crippen LogP contribution is -2.31. The molecule has 6 heteroatoms. The maximum Gasteiger partial charge on any atom is 0.454 e. The van der Waals surface area contributed by atoms with Crippen LogP contribution in [0.1, 0.15) is 113 Å². The van der Waals surface area contributed by atoms with Gasteiger partial charge in [0.15, 0.2) is 0 Å². The monoisotopic (exact) mass is 458 g/mol. The quantitative estimate of drug-likeness (QED) is 0.203. The van der Waals surface area contributed by atoms with E-state index in [0.717, 1.165) is 37.7 Å². The molecule has 184 valence electrons. The van der Waals surface area contributed by atoms with Crippen molar-refractivity contribution in [3.63, 3.8) is 0 Å². The molecular formula is C26H41F3O3. The van der Waals surface area contributed by atoms with E-state index < -0.39 is 35.6 Å². The number of hydrogen-bond donors (Lipinski definition) is 2. The average Bonchev–Trinajstić information content (AvgIpc) is 2.70. The Morgan fingerprint density at radius 3 is 1.75 bits per heavy atom. The molecule has 0 aliphatic carbocycles. The number of carbonyl (C=O) groups excluding carboxylic acids is 1. The third-order valence-electron chi connectivity index (χ3n) is 6.04. The van der Waals surface area contributed by atoms with Crippen LogP contribution in [0.25, 0.3) is 0 Å². The average molecular weight is 459 g/mol. The predicted molar refractivity (Wildman–Crippen MR) is 123 cm³/mol. The Balaban J connectivity index is 2.46. The van der Waals surface area contributed by atoms with Crippen LogP contribution in [0.4, 0.5) is 13.2 Å². The van der Waals surface area contributed by atoms with Crippen LogP contribution < -0.4 is 0 Å². The van der Waals surface area contributed by atoms with Crippen LogP contribution in [0.5, 0.6) is 0 Å². The summed E-state index contributed by atoms with van der Waals surface area (Å²) in [6.45, 7) is 5.94. The highest BCUT2D eigenvalue weighted by Gasteiger charge is 2.42. The van der Waals surface area contributed by atoms with Crippen molar-refractivity contribution in [2.75, 3.05) is 0 Å². The number of Topliss-reactive ketones (excluding diaryl/α,β-unsaturated/α-hetero) is 1. The summed E-state index contributed by atoms with van der Waals surface area (Å²) in [5.41, 5.74) is -0.451. The smallest absolute Gasteiger partial charge is 0.393 e. The summed E-state index contributed by atoms with van der Waals surface area (Å²) < 4.78 is 38.9. The SMILES string of the molecule is CC(C)CCCCCCCCCCCC(O)C(c1ccccc1C(=O)C(F)(F)F)C(C)O. The van der Waals surface area contributed by atoms with E-state index in [1.165, 1.54) is 63.6 Å². The van der Waals surface area contributed by atoms with Gasteiger partial charge in [-0.2, -0.15) is 13.2 Å². The predicted octanol–water partition coefficient (Wildman–Crippen LogP) is 7.20. The molecule has 0 spiro atoms. The van der Waals surface area contributed by atoms with Crippen LogP contribution in [0.2, 0.25) is 0 Å². The molecule has 0 aliphatic heterocycles. The first-order chi connectivity index (χ1) is 15.1. The molecule has 0 heterocycles. The molecule has 0 radical (unpaired) electrons. The summed E-state index contributed by atoms with van der Waals surface area (Å²) in [4.78, 5) is 11.8. The molecule has 2 N–H and O–H groups in total. The minimum atomic E-state index is -5.00. The Hall–Kier alpha value is -1.40. The van der Waals surface area contributed by atoms with E-state index in [1.54, 1.807) is 0 Å². The summed E-state index contributed by atoms with van der Waals surface area (Å²) >= 11 is 0. The van der Waals surface area contributed by atoms with Crippen molar-refractivity contribution in [1.29, 1.82) is 0 Å². The van der Waals surface area contributed by atoms with Gasteiger partial charge in [-0.05, 0) is 24.8 Å². The van der Waals surface area contributed by atoms with Gasteiger partial charge in [-0.3, -0.25) is 4.79 Å². The fourth-order valence-electron chi connectivity index (χ4n) is 4.26. The number of aliphatic hydroxyl groups is 2. The lowest BCUT2D eigenvalue weighted by molar-refractivity contribution is -0.0887. The van der Waals surface area contributed by atoms with Gasteiger partial charge in [0, 0.05) is 11.5 Å². The second-order valence-electron chi connectivity index (χ2n) is 9.40. The number of halogens is 3. The topological polar surface area (TPSA) is 57.5 Å². The highest BCUT2D eigenvalue weighted by molar-refractivity contribution is 6.01. The first-order valence-electron chi connectivity index (χ1n) is 12.1. The second-order valence-corrected chi connectivity index (χ2v) is 9.40. The summed E-state index contributed by atoms with van der Waals surface area (Å²) in [6.07, 6.45) is 4.75. The molecule has 0 aromatic heterocycles. The minimum Gasteiger partial charge on any atom is -0.393 e. The molecule has 3 atom stereocenters. The molecule has 1 aromatic carbocycles. The molecule has 0 saturated heterocycles. The summed E-state index contributed by atoms with van der Waals surface area (Å²) in [5, 5.41) is 20.8. The van der Waals surface area contributed by atoms with Crippen molar-refractivity contribution in [3.8, 4) is 0 Å². The lowest BCUT2D eigenvalue weighted by atomic mass is 9.83. The molecule has 3 nitrogen and oxygen atoms in total. The zero-order valence-electron chi connectivity index (χ0n) is 19.8. The number of benzene rings is 1. The van der Waals surface area contributed by atoms with Crippen molar-refractivity contribution >= 4 is 5.78 Å². The third kappa shape index (κ3) is 10.5. The van der Waals surface area contributed by atoms with Gasteiger partial charge in [0.05, 0.1) is 12.2 Å². The van der Waals surface area contributed by atoms with Gasteiger partial charge in [-0.1, -0.05) is 102 Å². The van der Waals surface area contributed by atoms with Gasteiger partial charge in [0.2, 0.25) is 0 Å². The van der Waals surface area contributed by atoms with Crippen molar-refractivity contribution in [1.82, 2.24) is 0 Å². The van der Waals surface area contributed by atoms with Crippen LogP contribution in [-0.2, 0) is 0 Å². The van der Waals surface area contributed by atoms with Crippen molar-refractivity contribution in [2.45, 2.75) is 116 Å². The molecule has 0 saturated carbocycles. The first-order valence-corrected chi connectivity index (χ1v) is 12.1. The standard InChI is InChI=1S/C26H41F3O3/c1-19(2)15-11-9-7-5-4-6-8-10-12-18-23(31)24(20(3)30)21-16-13-14-17-22(21)25(32)26(27,28)29/h13-14,16-17,19-20,23-24,30-31H,4-12,15,18H2,1-3H3. The third-order valence-corrected chi connectivity index (χ3v) is 6.04. The van der Waals surface area contributed by atoms with Crippen LogP contribution in [0, 0.1) is 5.92 Å². The van der Waals surface area contributed by atoms with Crippen molar-refractivity contribution < 1.29 is 28.2 Å². The Kier molecular flexibility index (Phi) is 13.1. The van der Waals surface area contributed by atoms with E-state index in [4.69, 9.17) is 0 Å². The van der Waals surface area contributed by atoms with E-state index in [1.807, 2.05) is 0 Å². The first kappa shape index (κ1) is 28.6. The normalized spacial score (nSPS) is 15.0. The highest BCUT2D eigenvalue weighted by Crippen LogP contribution is 2.33. The van der Waals surface area contributed by atoms with Gasteiger partial charge in [-0.25, -0.2) is 0 Å². The maximum absolute atomic E-state index is 13.0. The Morgan fingerprint density at radius 1 is 0.812 bits per heavy atom. The molecule has 3 unspecified atom stereocenters. The molecule has 1 aromatic rings. The minimum absolute atomic E-state index is 0.0507. The van der Waals surface area contributed by atoms with E-state index in [-0.39, 0.29) is 5.56 Å². The van der Waals surface area contributed by atoms with Crippen LogP contribution in [-0.4, -0.2) is 34.4 Å².